The van der Waals surface area contributed by atoms with Crippen molar-refractivity contribution in [2.45, 2.75) is 30.7 Å². The normalized spacial score (nSPS) is 14.4. The van der Waals surface area contributed by atoms with Crippen LogP contribution in [0.3, 0.4) is 0 Å². The number of benzene rings is 2. The molecule has 10 heteroatoms. The van der Waals surface area contributed by atoms with Crippen molar-refractivity contribution >= 4 is 26.0 Å². The predicted octanol–water partition coefficient (Wildman–Crippen LogP) is 3.86. The van der Waals surface area contributed by atoms with Crippen LogP contribution in [0.15, 0.2) is 33.6 Å². The van der Waals surface area contributed by atoms with Gasteiger partial charge >= 0.3 is 0 Å². The molecule has 0 saturated carbocycles. The molecule has 1 heterocycles. The lowest BCUT2D eigenvalue weighted by atomic mass is 9.98. The summed E-state index contributed by atoms with van der Waals surface area (Å²) in [5.41, 5.74) is 2.44. The summed E-state index contributed by atoms with van der Waals surface area (Å²) >= 11 is 2.92. The van der Waals surface area contributed by atoms with Crippen molar-refractivity contribution in [2.75, 3.05) is 33.9 Å². The quantitative estimate of drug-likeness (QED) is 0.510. The molecule has 1 aliphatic rings. The van der Waals surface area contributed by atoms with E-state index in [1.807, 2.05) is 12.1 Å². The molecule has 2 aromatic rings. The summed E-state index contributed by atoms with van der Waals surface area (Å²) in [6, 6.07) is 5.51. The minimum atomic E-state index is -4.08. The summed E-state index contributed by atoms with van der Waals surface area (Å²) in [4.78, 5) is 1.73. The molecule has 2 aromatic carbocycles. The van der Waals surface area contributed by atoms with Gasteiger partial charge in [0.25, 0.3) is 0 Å². The van der Waals surface area contributed by atoms with Crippen molar-refractivity contribution in [3.8, 4) is 11.5 Å². The van der Waals surface area contributed by atoms with Gasteiger partial charge in [-0.05, 0) is 71.1 Å². The molecule has 170 valence electrons. The number of methoxy groups -OCH3 is 2. The zero-order chi connectivity index (χ0) is 22.6. The minimum absolute atomic E-state index is 0.142. The fourth-order valence-electron chi connectivity index (χ4n) is 3.66. The molecule has 0 saturated heterocycles. The molecule has 0 aromatic heterocycles. The van der Waals surface area contributed by atoms with Gasteiger partial charge < -0.3 is 9.47 Å². The van der Waals surface area contributed by atoms with Gasteiger partial charge in [-0.3, -0.25) is 4.90 Å². The summed E-state index contributed by atoms with van der Waals surface area (Å²) < 4.78 is 64.8. The van der Waals surface area contributed by atoms with E-state index in [0.29, 0.717) is 18.2 Å². The smallest absolute Gasteiger partial charge is 0.244 e. The highest BCUT2D eigenvalue weighted by Crippen LogP contribution is 2.33. The average molecular weight is 519 g/mol. The molecule has 0 amide bonds. The van der Waals surface area contributed by atoms with Gasteiger partial charge in [0, 0.05) is 30.2 Å². The van der Waals surface area contributed by atoms with Gasteiger partial charge in [0.05, 0.1) is 14.2 Å². The van der Waals surface area contributed by atoms with Crippen molar-refractivity contribution in [2.24, 2.45) is 0 Å². The number of sulfonamides is 1. The lowest BCUT2D eigenvalue weighted by molar-refractivity contribution is 0.248. The molecule has 1 aliphatic heterocycles. The zero-order valence-electron chi connectivity index (χ0n) is 17.4. The monoisotopic (exact) mass is 518 g/mol. The lowest BCUT2D eigenvalue weighted by Crippen LogP contribution is -2.32. The van der Waals surface area contributed by atoms with Gasteiger partial charge in [0.1, 0.15) is 16.5 Å². The molecule has 0 atom stereocenters. The van der Waals surface area contributed by atoms with E-state index >= 15 is 0 Å². The molecule has 0 unspecified atom stereocenters. The number of hydrogen-bond donors (Lipinski definition) is 1. The first-order chi connectivity index (χ1) is 14.7. The van der Waals surface area contributed by atoms with Crippen LogP contribution in [0.25, 0.3) is 0 Å². The highest BCUT2D eigenvalue weighted by atomic mass is 79.9. The standard InChI is InChI=1S/C21H25BrF2N2O4S/c1-29-19-9-14-5-8-26(13-15(14)10-20(19)30-2)7-4-3-6-25-31(27,28)21-17(22)11-16(23)12-18(21)24/h9-12,25H,3-8,13H2,1-2H3. The van der Waals surface area contributed by atoms with Crippen LogP contribution in [0.4, 0.5) is 8.78 Å². The Morgan fingerprint density at radius 1 is 1.06 bits per heavy atom. The molecule has 31 heavy (non-hydrogen) atoms. The van der Waals surface area contributed by atoms with Crippen LogP contribution < -0.4 is 14.2 Å². The van der Waals surface area contributed by atoms with Crippen molar-refractivity contribution < 1.29 is 26.7 Å². The van der Waals surface area contributed by atoms with Gasteiger partial charge in [0.15, 0.2) is 11.5 Å². The van der Waals surface area contributed by atoms with Crippen molar-refractivity contribution in [1.82, 2.24) is 9.62 Å². The molecular formula is C21H25BrF2N2O4S. The Morgan fingerprint density at radius 2 is 1.74 bits per heavy atom. The van der Waals surface area contributed by atoms with Crippen LogP contribution in [-0.4, -0.2) is 47.2 Å². The number of nitrogens with zero attached hydrogens (tertiary/aromatic N) is 1. The number of fused-ring (bicyclic) bond motifs is 1. The summed E-state index contributed by atoms with van der Waals surface area (Å²) in [6.45, 7) is 2.67. The topological polar surface area (TPSA) is 67.9 Å². The first-order valence-corrected chi connectivity index (χ1v) is 12.1. The number of unbranched alkanes of at least 4 members (excludes halogenated alkanes) is 1. The SMILES string of the molecule is COc1cc2c(cc1OC)CN(CCCCNS(=O)(=O)c1c(F)cc(F)cc1Br)CC2. The van der Waals surface area contributed by atoms with E-state index in [1.165, 1.54) is 11.1 Å². The highest BCUT2D eigenvalue weighted by Gasteiger charge is 2.23. The van der Waals surface area contributed by atoms with Crippen LogP contribution in [0.2, 0.25) is 0 Å². The first kappa shape index (κ1) is 23.9. The minimum Gasteiger partial charge on any atom is -0.493 e. The zero-order valence-corrected chi connectivity index (χ0v) is 19.8. The number of ether oxygens (including phenoxy) is 2. The molecular weight excluding hydrogens is 494 g/mol. The third kappa shape index (κ3) is 5.74. The van der Waals surface area contributed by atoms with Crippen LogP contribution in [0.5, 0.6) is 11.5 Å². The molecule has 0 fully saturated rings. The van der Waals surface area contributed by atoms with E-state index in [9.17, 15) is 17.2 Å². The second kappa shape index (κ2) is 10.2. The predicted molar refractivity (Wildman–Crippen MR) is 117 cm³/mol. The molecule has 0 radical (unpaired) electrons. The van der Waals surface area contributed by atoms with Gasteiger partial charge in [-0.1, -0.05) is 0 Å². The summed E-state index contributed by atoms with van der Waals surface area (Å²) in [5, 5.41) is 0. The van der Waals surface area contributed by atoms with Gasteiger partial charge in [-0.25, -0.2) is 21.9 Å². The number of rotatable bonds is 9. The van der Waals surface area contributed by atoms with Crippen molar-refractivity contribution in [3.05, 3.63) is 51.5 Å². The Bertz CT molecular complexity index is 1030. The largest absolute Gasteiger partial charge is 0.493 e. The van der Waals surface area contributed by atoms with E-state index in [-0.39, 0.29) is 11.0 Å². The second-order valence-electron chi connectivity index (χ2n) is 7.31. The molecule has 0 spiro atoms. The Balaban J connectivity index is 1.50. The van der Waals surface area contributed by atoms with Crippen LogP contribution >= 0.6 is 15.9 Å². The van der Waals surface area contributed by atoms with E-state index in [4.69, 9.17) is 9.47 Å². The number of halogens is 3. The molecule has 0 aliphatic carbocycles. The summed E-state index contributed by atoms with van der Waals surface area (Å²) in [6.07, 6.45) is 2.27. The maximum absolute atomic E-state index is 13.9. The second-order valence-corrected chi connectivity index (χ2v) is 9.86. The highest BCUT2D eigenvalue weighted by molar-refractivity contribution is 9.10. The van der Waals surface area contributed by atoms with E-state index in [2.05, 4.69) is 25.6 Å². The van der Waals surface area contributed by atoms with Gasteiger partial charge in [-0.2, -0.15) is 0 Å². The third-order valence-electron chi connectivity index (χ3n) is 5.22. The maximum atomic E-state index is 13.9. The van der Waals surface area contributed by atoms with Crippen molar-refractivity contribution in [1.29, 1.82) is 0 Å². The maximum Gasteiger partial charge on any atom is 0.244 e. The Morgan fingerprint density at radius 3 is 2.39 bits per heavy atom. The first-order valence-electron chi connectivity index (χ1n) is 9.85. The number of nitrogens with one attached hydrogen (secondary N) is 1. The average Bonchev–Trinajstić information content (AvgIpc) is 2.71. The van der Waals surface area contributed by atoms with E-state index < -0.39 is 26.6 Å². The Labute approximate surface area is 189 Å². The molecule has 6 nitrogen and oxygen atoms in total. The fourth-order valence-corrected chi connectivity index (χ4v) is 5.89. The van der Waals surface area contributed by atoms with Gasteiger partial charge in [-0.15, -0.1) is 0 Å². The third-order valence-corrected chi connectivity index (χ3v) is 7.65. The molecule has 3 rings (SSSR count). The Hall–Kier alpha value is -1.75. The summed E-state index contributed by atoms with van der Waals surface area (Å²) in [5.74, 6) is -0.538. The fraction of sp³-hybridized carbons (Fsp3) is 0.429. The number of hydrogen-bond acceptors (Lipinski definition) is 5. The molecule has 0 bridgehead atoms. The van der Waals surface area contributed by atoms with Crippen molar-refractivity contribution in [3.63, 3.8) is 0 Å². The molecule has 1 N–H and O–H groups in total. The van der Waals surface area contributed by atoms with Crippen LogP contribution in [-0.2, 0) is 23.0 Å². The van der Waals surface area contributed by atoms with E-state index in [0.717, 1.165) is 44.3 Å². The summed E-state index contributed by atoms with van der Waals surface area (Å²) in [7, 11) is -0.841. The van der Waals surface area contributed by atoms with Crippen LogP contribution in [0, 0.1) is 11.6 Å². The lowest BCUT2D eigenvalue weighted by Gasteiger charge is -2.29. The van der Waals surface area contributed by atoms with Crippen LogP contribution in [0.1, 0.15) is 24.0 Å². The van der Waals surface area contributed by atoms with E-state index in [1.54, 1.807) is 14.2 Å². The van der Waals surface area contributed by atoms with Gasteiger partial charge in [0.2, 0.25) is 10.0 Å². The Kier molecular flexibility index (Phi) is 7.90.